The van der Waals surface area contributed by atoms with Crippen molar-refractivity contribution in [1.82, 2.24) is 10.3 Å². The Bertz CT molecular complexity index is 510. The second-order valence-electron chi connectivity index (χ2n) is 4.43. The summed E-state index contributed by atoms with van der Waals surface area (Å²) < 4.78 is 0. The number of aromatic amines is 1. The molecule has 0 fully saturated rings. The number of para-hydroxylation sites is 1. The van der Waals surface area contributed by atoms with Gasteiger partial charge in [0, 0.05) is 23.6 Å². The summed E-state index contributed by atoms with van der Waals surface area (Å²) in [6.07, 6.45) is 8.90. The van der Waals surface area contributed by atoms with Crippen molar-refractivity contribution in [3.05, 3.63) is 48.3 Å². The van der Waals surface area contributed by atoms with Crippen LogP contribution >= 0.6 is 0 Å². The number of H-pyrrole nitrogens is 1. The lowest BCUT2D eigenvalue weighted by molar-refractivity contribution is 0.546. The van der Waals surface area contributed by atoms with Gasteiger partial charge in [-0.3, -0.25) is 0 Å². The molecule has 1 unspecified atom stereocenters. The normalized spacial score (nSPS) is 19.9. The molecule has 2 nitrogen and oxygen atoms in total. The van der Waals surface area contributed by atoms with E-state index in [1.165, 1.54) is 22.9 Å². The van der Waals surface area contributed by atoms with Gasteiger partial charge in [-0.25, -0.2) is 0 Å². The van der Waals surface area contributed by atoms with Crippen LogP contribution in [0.1, 0.15) is 12.0 Å². The predicted octanol–water partition coefficient (Wildman–Crippen LogP) is 2.83. The summed E-state index contributed by atoms with van der Waals surface area (Å²) in [5.74, 6) is 0.681. The number of hydrogen-bond acceptors (Lipinski definition) is 1. The highest BCUT2D eigenvalue weighted by Gasteiger charge is 2.11. The van der Waals surface area contributed by atoms with Crippen LogP contribution in [0.25, 0.3) is 10.9 Å². The Labute approximate surface area is 95.4 Å². The summed E-state index contributed by atoms with van der Waals surface area (Å²) >= 11 is 0. The highest BCUT2D eigenvalue weighted by atomic mass is 14.8. The van der Waals surface area contributed by atoms with Gasteiger partial charge < -0.3 is 10.3 Å². The van der Waals surface area contributed by atoms with Crippen molar-refractivity contribution in [2.75, 3.05) is 6.54 Å². The predicted molar refractivity (Wildman–Crippen MR) is 67.3 cm³/mol. The molecular formula is C14H16N2. The summed E-state index contributed by atoms with van der Waals surface area (Å²) in [4.78, 5) is 3.34. The molecule has 0 amide bonds. The van der Waals surface area contributed by atoms with E-state index in [1.54, 1.807) is 0 Å². The fourth-order valence-corrected chi connectivity index (χ4v) is 2.41. The van der Waals surface area contributed by atoms with E-state index in [-0.39, 0.29) is 0 Å². The first-order valence-corrected chi connectivity index (χ1v) is 5.88. The first-order chi connectivity index (χ1) is 7.93. The van der Waals surface area contributed by atoms with E-state index < -0.39 is 0 Å². The zero-order chi connectivity index (χ0) is 10.8. The second-order valence-corrected chi connectivity index (χ2v) is 4.43. The minimum absolute atomic E-state index is 0.681. The third kappa shape index (κ3) is 1.71. The maximum Gasteiger partial charge on any atom is 0.0456 e. The van der Waals surface area contributed by atoms with Crippen LogP contribution in [0.4, 0.5) is 0 Å². The van der Waals surface area contributed by atoms with Gasteiger partial charge >= 0.3 is 0 Å². The summed E-state index contributed by atoms with van der Waals surface area (Å²) in [5.41, 5.74) is 2.68. The van der Waals surface area contributed by atoms with E-state index in [0.717, 1.165) is 13.0 Å². The number of hydrogen-bond donors (Lipinski definition) is 2. The topological polar surface area (TPSA) is 27.8 Å². The van der Waals surface area contributed by atoms with Crippen molar-refractivity contribution < 1.29 is 0 Å². The smallest absolute Gasteiger partial charge is 0.0456 e. The molecule has 1 aromatic carbocycles. The molecule has 16 heavy (non-hydrogen) atoms. The third-order valence-electron chi connectivity index (χ3n) is 3.30. The molecular weight excluding hydrogens is 196 g/mol. The number of allylic oxidation sites excluding steroid dienone is 1. The lowest BCUT2D eigenvalue weighted by Gasteiger charge is -2.16. The number of rotatable bonds is 2. The molecule has 0 aliphatic carbocycles. The highest BCUT2D eigenvalue weighted by molar-refractivity contribution is 5.83. The van der Waals surface area contributed by atoms with Gasteiger partial charge in [0.05, 0.1) is 0 Å². The van der Waals surface area contributed by atoms with Gasteiger partial charge in [-0.2, -0.15) is 0 Å². The molecule has 1 atom stereocenters. The van der Waals surface area contributed by atoms with Crippen LogP contribution in [0.5, 0.6) is 0 Å². The van der Waals surface area contributed by atoms with E-state index in [0.29, 0.717) is 5.92 Å². The molecule has 0 bridgehead atoms. The van der Waals surface area contributed by atoms with Crippen LogP contribution < -0.4 is 5.32 Å². The van der Waals surface area contributed by atoms with Crippen LogP contribution in [-0.2, 0) is 6.42 Å². The minimum atomic E-state index is 0.681. The molecule has 3 rings (SSSR count). The summed E-state index contributed by atoms with van der Waals surface area (Å²) in [5, 5.41) is 4.61. The largest absolute Gasteiger partial charge is 0.391 e. The Morgan fingerprint density at radius 2 is 2.19 bits per heavy atom. The van der Waals surface area contributed by atoms with Crippen molar-refractivity contribution in [3.63, 3.8) is 0 Å². The molecule has 0 saturated carbocycles. The molecule has 1 aromatic heterocycles. The molecule has 0 saturated heterocycles. The van der Waals surface area contributed by atoms with E-state index in [1.807, 2.05) is 0 Å². The Morgan fingerprint density at radius 1 is 1.25 bits per heavy atom. The maximum absolute atomic E-state index is 3.34. The maximum atomic E-state index is 3.34. The summed E-state index contributed by atoms with van der Waals surface area (Å²) in [6.45, 7) is 1.10. The van der Waals surface area contributed by atoms with E-state index >= 15 is 0 Å². The van der Waals surface area contributed by atoms with E-state index in [9.17, 15) is 0 Å². The lowest BCUT2D eigenvalue weighted by atomic mass is 9.94. The SMILES string of the molecule is C1=CC(Cc2c[nH]c3ccccc23)CCN1. The molecule has 82 valence electrons. The van der Waals surface area contributed by atoms with Crippen molar-refractivity contribution >= 4 is 10.9 Å². The van der Waals surface area contributed by atoms with Gasteiger partial charge in [-0.05, 0) is 36.6 Å². The van der Waals surface area contributed by atoms with Crippen molar-refractivity contribution in [2.45, 2.75) is 12.8 Å². The second kappa shape index (κ2) is 4.05. The molecule has 0 radical (unpaired) electrons. The summed E-state index contributed by atoms with van der Waals surface area (Å²) in [7, 11) is 0. The zero-order valence-corrected chi connectivity index (χ0v) is 9.24. The molecule has 2 heteroatoms. The molecule has 1 aliphatic rings. The zero-order valence-electron chi connectivity index (χ0n) is 9.24. The molecule has 2 N–H and O–H groups in total. The monoisotopic (exact) mass is 212 g/mol. The van der Waals surface area contributed by atoms with Crippen LogP contribution in [0.15, 0.2) is 42.7 Å². The van der Waals surface area contributed by atoms with Gasteiger partial charge in [0.25, 0.3) is 0 Å². The van der Waals surface area contributed by atoms with Crippen LogP contribution in [0.2, 0.25) is 0 Å². The van der Waals surface area contributed by atoms with Gasteiger partial charge in [-0.1, -0.05) is 24.3 Å². The van der Waals surface area contributed by atoms with E-state index in [4.69, 9.17) is 0 Å². The van der Waals surface area contributed by atoms with Crippen molar-refractivity contribution in [3.8, 4) is 0 Å². The quantitative estimate of drug-likeness (QED) is 0.787. The standard InChI is InChI=1S/C14H16N2/c1-2-4-14-13(3-1)12(10-16-14)9-11-5-7-15-8-6-11/h1-5,7,10-11,15-16H,6,8-9H2. The average Bonchev–Trinajstić information content (AvgIpc) is 2.74. The van der Waals surface area contributed by atoms with Crippen LogP contribution in [0, 0.1) is 5.92 Å². The molecule has 0 spiro atoms. The number of aromatic nitrogens is 1. The summed E-state index contributed by atoms with van der Waals surface area (Å²) in [6, 6.07) is 8.52. The number of fused-ring (bicyclic) bond motifs is 1. The Kier molecular flexibility index (Phi) is 2.41. The van der Waals surface area contributed by atoms with Crippen molar-refractivity contribution in [2.24, 2.45) is 5.92 Å². The fourth-order valence-electron chi connectivity index (χ4n) is 2.41. The van der Waals surface area contributed by atoms with E-state index in [2.05, 4.69) is 53.0 Å². The number of nitrogens with one attached hydrogen (secondary N) is 2. The first kappa shape index (κ1) is 9.52. The van der Waals surface area contributed by atoms with Gasteiger partial charge in [-0.15, -0.1) is 0 Å². The molecule has 2 aromatic rings. The minimum Gasteiger partial charge on any atom is -0.391 e. The third-order valence-corrected chi connectivity index (χ3v) is 3.30. The lowest BCUT2D eigenvalue weighted by Crippen LogP contribution is -2.18. The molecule has 1 aliphatic heterocycles. The number of benzene rings is 1. The fraction of sp³-hybridized carbons (Fsp3) is 0.286. The van der Waals surface area contributed by atoms with Gasteiger partial charge in [0.1, 0.15) is 0 Å². The Balaban J connectivity index is 1.88. The molecule has 2 heterocycles. The first-order valence-electron chi connectivity index (χ1n) is 5.88. The average molecular weight is 212 g/mol. The van der Waals surface area contributed by atoms with Crippen LogP contribution in [-0.4, -0.2) is 11.5 Å². The van der Waals surface area contributed by atoms with Crippen LogP contribution in [0.3, 0.4) is 0 Å². The highest BCUT2D eigenvalue weighted by Crippen LogP contribution is 2.23. The van der Waals surface area contributed by atoms with Gasteiger partial charge in [0.2, 0.25) is 0 Å². The Hall–Kier alpha value is -1.70. The van der Waals surface area contributed by atoms with Gasteiger partial charge in [0.15, 0.2) is 0 Å². The Morgan fingerprint density at radius 3 is 3.06 bits per heavy atom. The van der Waals surface area contributed by atoms with Crippen molar-refractivity contribution in [1.29, 1.82) is 0 Å².